The lowest BCUT2D eigenvalue weighted by molar-refractivity contribution is 0.148. The summed E-state index contributed by atoms with van der Waals surface area (Å²) in [5, 5.41) is 8.32. The summed E-state index contributed by atoms with van der Waals surface area (Å²) in [5.74, 6) is -0.438. The molecule has 0 aromatic heterocycles. The fraction of sp³-hybridized carbons (Fsp3) is 0.857. The lowest BCUT2D eigenvalue weighted by Crippen LogP contribution is -2.34. The van der Waals surface area contributed by atoms with E-state index in [4.69, 9.17) is 10.00 Å². The zero-order valence-corrected chi connectivity index (χ0v) is 8.09. The van der Waals surface area contributed by atoms with Crippen LogP contribution in [-0.4, -0.2) is 44.8 Å². The van der Waals surface area contributed by atoms with Gasteiger partial charge in [-0.2, -0.15) is 9.57 Å². The molecule has 6 heteroatoms. The molecule has 0 N–H and O–H groups in total. The molecule has 0 radical (unpaired) electrons. The van der Waals surface area contributed by atoms with Crippen LogP contribution in [0.1, 0.15) is 6.42 Å². The highest BCUT2D eigenvalue weighted by atomic mass is 32.2. The average Bonchev–Trinajstić information content (AvgIpc) is 2.31. The van der Waals surface area contributed by atoms with E-state index in [-0.39, 0.29) is 0 Å². The monoisotopic (exact) mass is 204 g/mol. The number of ether oxygens (including phenoxy) is 1. The van der Waals surface area contributed by atoms with Crippen molar-refractivity contribution in [2.45, 2.75) is 6.42 Å². The van der Waals surface area contributed by atoms with Crippen LogP contribution in [0.15, 0.2) is 0 Å². The molecular formula is C7H12N2O3S. The summed E-state index contributed by atoms with van der Waals surface area (Å²) in [6.45, 7) is 1.84. The number of hydrogen-bond donors (Lipinski definition) is 0. The molecule has 0 unspecified atom stereocenters. The number of sulfonamides is 1. The number of nitrogens with zero attached hydrogens (tertiary/aromatic N) is 2. The molecule has 13 heavy (non-hydrogen) atoms. The maximum Gasteiger partial charge on any atom is 0.227 e. The summed E-state index contributed by atoms with van der Waals surface area (Å²) in [6.07, 6.45) is 0.699. The van der Waals surface area contributed by atoms with Crippen molar-refractivity contribution in [3.8, 4) is 6.07 Å². The van der Waals surface area contributed by atoms with Crippen LogP contribution in [0.5, 0.6) is 0 Å². The van der Waals surface area contributed by atoms with Gasteiger partial charge in [0.1, 0.15) is 0 Å². The van der Waals surface area contributed by atoms with E-state index in [1.54, 1.807) is 6.07 Å². The van der Waals surface area contributed by atoms with Gasteiger partial charge in [-0.25, -0.2) is 8.42 Å². The molecule has 0 aromatic carbocycles. The van der Waals surface area contributed by atoms with Crippen molar-refractivity contribution < 1.29 is 13.2 Å². The Balaban J connectivity index is 2.64. The Morgan fingerprint density at radius 3 is 2.85 bits per heavy atom. The largest absolute Gasteiger partial charge is 0.380 e. The predicted molar refractivity (Wildman–Crippen MR) is 46.4 cm³/mol. The van der Waals surface area contributed by atoms with Gasteiger partial charge in [0.2, 0.25) is 10.0 Å². The Labute approximate surface area is 77.9 Å². The van der Waals surface area contributed by atoms with Crippen LogP contribution in [0.4, 0.5) is 0 Å². The van der Waals surface area contributed by atoms with Crippen LogP contribution in [0.25, 0.3) is 0 Å². The van der Waals surface area contributed by atoms with Gasteiger partial charge in [0, 0.05) is 19.7 Å². The van der Waals surface area contributed by atoms with Crippen molar-refractivity contribution in [1.29, 1.82) is 5.26 Å². The number of hydrogen-bond acceptors (Lipinski definition) is 4. The Morgan fingerprint density at radius 2 is 2.15 bits per heavy atom. The van der Waals surface area contributed by atoms with Crippen molar-refractivity contribution in [2.24, 2.45) is 0 Å². The summed E-state index contributed by atoms with van der Waals surface area (Å²) in [6, 6.07) is 1.66. The third-order valence-corrected chi connectivity index (χ3v) is 3.47. The van der Waals surface area contributed by atoms with Gasteiger partial charge in [-0.1, -0.05) is 0 Å². The highest BCUT2D eigenvalue weighted by Gasteiger charge is 2.22. The van der Waals surface area contributed by atoms with Crippen molar-refractivity contribution in [3.05, 3.63) is 0 Å². The Morgan fingerprint density at radius 1 is 1.38 bits per heavy atom. The van der Waals surface area contributed by atoms with E-state index < -0.39 is 15.8 Å². The third kappa shape index (κ3) is 2.95. The van der Waals surface area contributed by atoms with Gasteiger partial charge in [0.15, 0.2) is 5.75 Å². The molecule has 0 spiro atoms. The molecule has 0 saturated carbocycles. The van der Waals surface area contributed by atoms with E-state index in [9.17, 15) is 8.42 Å². The topological polar surface area (TPSA) is 70.4 Å². The van der Waals surface area contributed by atoms with Gasteiger partial charge in [0.25, 0.3) is 0 Å². The van der Waals surface area contributed by atoms with Gasteiger partial charge >= 0.3 is 0 Å². The quantitative estimate of drug-likeness (QED) is 0.611. The minimum absolute atomic E-state index is 0.365. The van der Waals surface area contributed by atoms with Crippen LogP contribution in [0.2, 0.25) is 0 Å². The first kappa shape index (κ1) is 10.4. The highest BCUT2D eigenvalue weighted by Crippen LogP contribution is 2.05. The molecule has 0 amide bonds. The first-order valence-electron chi connectivity index (χ1n) is 4.09. The molecule has 0 aromatic rings. The third-order valence-electron chi connectivity index (χ3n) is 1.82. The second-order valence-electron chi connectivity index (χ2n) is 2.78. The molecule has 1 aliphatic heterocycles. The van der Waals surface area contributed by atoms with Crippen molar-refractivity contribution >= 4 is 10.0 Å². The summed E-state index contributed by atoms with van der Waals surface area (Å²) in [5.41, 5.74) is 0. The molecule has 74 valence electrons. The molecule has 1 saturated heterocycles. The maximum atomic E-state index is 11.4. The zero-order valence-electron chi connectivity index (χ0n) is 7.27. The van der Waals surface area contributed by atoms with Gasteiger partial charge in [-0.15, -0.1) is 0 Å². The Bertz CT molecular complexity index is 285. The lowest BCUT2D eigenvalue weighted by atomic mass is 10.5. The molecule has 1 fully saturated rings. The first-order chi connectivity index (χ1) is 6.17. The summed E-state index contributed by atoms with van der Waals surface area (Å²) in [7, 11) is -3.36. The van der Waals surface area contributed by atoms with Crippen LogP contribution in [-0.2, 0) is 14.8 Å². The first-order valence-corrected chi connectivity index (χ1v) is 5.70. The van der Waals surface area contributed by atoms with E-state index in [1.807, 2.05) is 0 Å². The highest BCUT2D eigenvalue weighted by molar-refractivity contribution is 7.89. The smallest absolute Gasteiger partial charge is 0.227 e. The number of nitriles is 1. The van der Waals surface area contributed by atoms with E-state index in [2.05, 4.69) is 0 Å². The normalized spacial score (nSPS) is 20.5. The van der Waals surface area contributed by atoms with Gasteiger partial charge in [0.05, 0.1) is 12.7 Å². The van der Waals surface area contributed by atoms with Gasteiger partial charge in [-0.3, -0.25) is 0 Å². The molecule has 1 aliphatic rings. The molecule has 0 bridgehead atoms. The fourth-order valence-corrected chi connectivity index (χ4v) is 2.28. The minimum Gasteiger partial charge on any atom is -0.380 e. The molecule has 1 heterocycles. The molecule has 0 aliphatic carbocycles. The van der Waals surface area contributed by atoms with Crippen LogP contribution < -0.4 is 0 Å². The summed E-state index contributed by atoms with van der Waals surface area (Å²) < 4.78 is 29.2. The molecule has 5 nitrogen and oxygen atoms in total. The van der Waals surface area contributed by atoms with Gasteiger partial charge in [-0.05, 0) is 6.42 Å². The Hall–Kier alpha value is -0.640. The summed E-state index contributed by atoms with van der Waals surface area (Å²) >= 11 is 0. The number of rotatable bonds is 2. The van der Waals surface area contributed by atoms with Crippen molar-refractivity contribution in [3.63, 3.8) is 0 Å². The second-order valence-corrected chi connectivity index (χ2v) is 4.75. The van der Waals surface area contributed by atoms with Crippen molar-refractivity contribution in [2.75, 3.05) is 32.1 Å². The zero-order chi connectivity index (χ0) is 9.73. The fourth-order valence-electron chi connectivity index (χ4n) is 1.17. The molecule has 0 atom stereocenters. The van der Waals surface area contributed by atoms with Gasteiger partial charge < -0.3 is 4.74 Å². The van der Waals surface area contributed by atoms with E-state index in [0.29, 0.717) is 32.7 Å². The van der Waals surface area contributed by atoms with E-state index in [1.165, 1.54) is 4.31 Å². The van der Waals surface area contributed by atoms with Crippen LogP contribution in [0.3, 0.4) is 0 Å². The molecule has 1 rings (SSSR count). The summed E-state index contributed by atoms with van der Waals surface area (Å²) in [4.78, 5) is 0. The lowest BCUT2D eigenvalue weighted by Gasteiger charge is -2.16. The van der Waals surface area contributed by atoms with E-state index >= 15 is 0 Å². The average molecular weight is 204 g/mol. The van der Waals surface area contributed by atoms with Crippen molar-refractivity contribution in [1.82, 2.24) is 4.31 Å². The second kappa shape index (κ2) is 4.56. The predicted octanol–water partition coefficient (Wildman–Crippen LogP) is -0.438. The maximum absolute atomic E-state index is 11.4. The minimum atomic E-state index is -3.36. The Kier molecular flexibility index (Phi) is 3.66. The van der Waals surface area contributed by atoms with Crippen LogP contribution in [0, 0.1) is 11.3 Å². The standard InChI is InChI=1S/C7H12N2O3S/c8-2-7-13(10,11)9-3-1-5-12-6-4-9/h1,3-7H2. The van der Waals surface area contributed by atoms with E-state index in [0.717, 1.165) is 0 Å². The SMILES string of the molecule is N#CCS(=O)(=O)N1CCCOCC1. The van der Waals surface area contributed by atoms with Crippen LogP contribution >= 0.6 is 0 Å². The molecular weight excluding hydrogens is 192 g/mol.